The maximum absolute atomic E-state index is 12.3. The molecule has 1 aromatic heterocycles. The molecule has 6 nitrogen and oxygen atoms in total. The van der Waals surface area contributed by atoms with Crippen molar-refractivity contribution in [3.05, 3.63) is 53.9 Å². The third kappa shape index (κ3) is 3.75. The summed E-state index contributed by atoms with van der Waals surface area (Å²) in [7, 11) is 0. The molecule has 1 saturated heterocycles. The van der Waals surface area contributed by atoms with Crippen molar-refractivity contribution in [3.8, 4) is 0 Å². The SMILES string of the molecule is O=C(CN1Cc2ccccc2[C@H](n2cccn2)C1)NC[C@H]1CCCO1. The van der Waals surface area contributed by atoms with E-state index in [-0.39, 0.29) is 18.1 Å². The molecule has 0 spiro atoms. The number of fused-ring (bicyclic) bond motifs is 1. The normalized spacial score (nSPS) is 23.4. The predicted octanol–water partition coefficient (Wildman–Crippen LogP) is 1.58. The van der Waals surface area contributed by atoms with E-state index in [0.29, 0.717) is 13.1 Å². The van der Waals surface area contributed by atoms with E-state index in [2.05, 4.69) is 39.6 Å². The summed E-state index contributed by atoms with van der Waals surface area (Å²) in [6, 6.07) is 10.5. The number of benzene rings is 1. The number of hydrogen-bond acceptors (Lipinski definition) is 4. The van der Waals surface area contributed by atoms with Crippen molar-refractivity contribution in [1.29, 1.82) is 0 Å². The Bertz CT molecular complexity index is 710. The second kappa shape index (κ2) is 7.37. The van der Waals surface area contributed by atoms with Crippen molar-refractivity contribution >= 4 is 5.91 Å². The van der Waals surface area contributed by atoms with E-state index in [1.54, 1.807) is 6.20 Å². The maximum Gasteiger partial charge on any atom is 0.234 e. The molecule has 0 bridgehead atoms. The molecule has 0 saturated carbocycles. The van der Waals surface area contributed by atoms with Gasteiger partial charge in [-0.25, -0.2) is 0 Å². The number of aromatic nitrogens is 2. The van der Waals surface area contributed by atoms with Crippen LogP contribution < -0.4 is 5.32 Å². The number of nitrogens with one attached hydrogen (secondary N) is 1. The number of nitrogens with zero attached hydrogens (tertiary/aromatic N) is 3. The van der Waals surface area contributed by atoms with Crippen molar-refractivity contribution < 1.29 is 9.53 Å². The fraction of sp³-hybridized carbons (Fsp3) is 0.474. The quantitative estimate of drug-likeness (QED) is 0.898. The van der Waals surface area contributed by atoms with Crippen molar-refractivity contribution in [2.45, 2.75) is 31.5 Å². The van der Waals surface area contributed by atoms with Crippen LogP contribution in [0.15, 0.2) is 42.7 Å². The first-order valence-corrected chi connectivity index (χ1v) is 8.97. The molecule has 1 N–H and O–H groups in total. The molecule has 2 aromatic rings. The lowest BCUT2D eigenvalue weighted by Gasteiger charge is -2.34. The van der Waals surface area contributed by atoms with Gasteiger partial charge in [0.2, 0.25) is 5.91 Å². The van der Waals surface area contributed by atoms with E-state index in [1.165, 1.54) is 11.1 Å². The smallest absolute Gasteiger partial charge is 0.234 e. The summed E-state index contributed by atoms with van der Waals surface area (Å²) in [5, 5.41) is 7.43. The van der Waals surface area contributed by atoms with Crippen LogP contribution in [0.5, 0.6) is 0 Å². The lowest BCUT2D eigenvalue weighted by molar-refractivity contribution is -0.123. The maximum atomic E-state index is 12.3. The highest BCUT2D eigenvalue weighted by Gasteiger charge is 2.27. The summed E-state index contributed by atoms with van der Waals surface area (Å²) < 4.78 is 7.55. The number of amides is 1. The topological polar surface area (TPSA) is 59.4 Å². The summed E-state index contributed by atoms with van der Waals surface area (Å²) in [6.07, 6.45) is 6.11. The highest BCUT2D eigenvalue weighted by atomic mass is 16.5. The molecule has 4 rings (SSSR count). The van der Waals surface area contributed by atoms with Gasteiger partial charge in [-0.1, -0.05) is 24.3 Å². The van der Waals surface area contributed by atoms with Crippen LogP contribution in [0.1, 0.15) is 30.0 Å². The van der Waals surface area contributed by atoms with Gasteiger partial charge in [-0.05, 0) is 30.0 Å². The third-order valence-corrected chi connectivity index (χ3v) is 5.00. The number of rotatable bonds is 5. The van der Waals surface area contributed by atoms with Crippen molar-refractivity contribution in [1.82, 2.24) is 20.0 Å². The number of carbonyl (C=O) groups excluding carboxylic acids is 1. The Balaban J connectivity index is 1.42. The first-order chi connectivity index (χ1) is 12.3. The molecule has 25 heavy (non-hydrogen) atoms. The van der Waals surface area contributed by atoms with Gasteiger partial charge in [-0.3, -0.25) is 14.4 Å². The highest BCUT2D eigenvalue weighted by molar-refractivity contribution is 5.78. The van der Waals surface area contributed by atoms with E-state index in [4.69, 9.17) is 4.74 Å². The molecule has 1 amide bonds. The fourth-order valence-electron chi connectivity index (χ4n) is 3.76. The van der Waals surface area contributed by atoms with E-state index in [1.807, 2.05) is 16.9 Å². The average Bonchev–Trinajstić information content (AvgIpc) is 3.33. The molecule has 3 heterocycles. The van der Waals surface area contributed by atoms with Crippen LogP contribution in [-0.2, 0) is 16.1 Å². The number of ether oxygens (including phenoxy) is 1. The second-order valence-corrected chi connectivity index (χ2v) is 6.81. The van der Waals surface area contributed by atoms with Gasteiger partial charge >= 0.3 is 0 Å². The van der Waals surface area contributed by atoms with Gasteiger partial charge < -0.3 is 10.1 Å². The molecular weight excluding hydrogens is 316 g/mol. The first-order valence-electron chi connectivity index (χ1n) is 8.97. The number of carbonyl (C=O) groups is 1. The molecule has 2 aliphatic heterocycles. The van der Waals surface area contributed by atoms with E-state index < -0.39 is 0 Å². The first kappa shape index (κ1) is 16.3. The molecule has 1 fully saturated rings. The largest absolute Gasteiger partial charge is 0.376 e. The predicted molar refractivity (Wildman–Crippen MR) is 94.1 cm³/mol. The molecule has 2 aliphatic rings. The molecular formula is C19H24N4O2. The van der Waals surface area contributed by atoms with Gasteiger partial charge in [0.15, 0.2) is 0 Å². The Morgan fingerprint density at radius 2 is 2.24 bits per heavy atom. The summed E-state index contributed by atoms with van der Waals surface area (Å²) in [5.74, 6) is 0.0640. The number of hydrogen-bond donors (Lipinski definition) is 1. The average molecular weight is 340 g/mol. The van der Waals surface area contributed by atoms with Crippen LogP contribution in [0.2, 0.25) is 0 Å². The Morgan fingerprint density at radius 3 is 3.04 bits per heavy atom. The van der Waals surface area contributed by atoms with Crippen LogP contribution in [0.4, 0.5) is 0 Å². The molecule has 132 valence electrons. The zero-order chi connectivity index (χ0) is 17.1. The Morgan fingerprint density at radius 1 is 1.32 bits per heavy atom. The second-order valence-electron chi connectivity index (χ2n) is 6.81. The van der Waals surface area contributed by atoms with Crippen LogP contribution in [0.3, 0.4) is 0 Å². The van der Waals surface area contributed by atoms with E-state index in [9.17, 15) is 4.79 Å². The summed E-state index contributed by atoms with van der Waals surface area (Å²) in [4.78, 5) is 14.5. The Kier molecular flexibility index (Phi) is 4.81. The summed E-state index contributed by atoms with van der Waals surface area (Å²) >= 11 is 0. The Labute approximate surface area is 147 Å². The minimum atomic E-state index is 0.0640. The van der Waals surface area contributed by atoms with Crippen LogP contribution in [0, 0.1) is 0 Å². The van der Waals surface area contributed by atoms with Gasteiger partial charge in [0.05, 0.1) is 18.7 Å². The van der Waals surface area contributed by atoms with Crippen LogP contribution in [-0.4, -0.2) is 52.9 Å². The van der Waals surface area contributed by atoms with Gasteiger partial charge in [0.1, 0.15) is 0 Å². The van der Waals surface area contributed by atoms with Gasteiger partial charge in [0.25, 0.3) is 0 Å². The lowest BCUT2D eigenvalue weighted by atomic mass is 9.95. The molecule has 2 atom stereocenters. The van der Waals surface area contributed by atoms with Crippen LogP contribution >= 0.6 is 0 Å². The molecule has 0 unspecified atom stereocenters. The van der Waals surface area contributed by atoms with Crippen molar-refractivity contribution in [3.63, 3.8) is 0 Å². The standard InChI is InChI=1S/C19H24N4O2/c24-19(20-11-16-6-3-10-25-16)14-22-12-15-5-1-2-7-17(15)18(13-22)23-9-4-8-21-23/h1-2,4-5,7-9,16,18H,3,6,10-14H2,(H,20,24)/t16-,18-/m1/s1. The van der Waals surface area contributed by atoms with E-state index >= 15 is 0 Å². The molecule has 0 aliphatic carbocycles. The van der Waals surface area contributed by atoms with Crippen LogP contribution in [0.25, 0.3) is 0 Å². The Hall–Kier alpha value is -2.18. The fourth-order valence-corrected chi connectivity index (χ4v) is 3.76. The highest BCUT2D eigenvalue weighted by Crippen LogP contribution is 2.28. The lowest BCUT2D eigenvalue weighted by Crippen LogP contribution is -2.44. The van der Waals surface area contributed by atoms with Crippen molar-refractivity contribution in [2.75, 3.05) is 26.2 Å². The van der Waals surface area contributed by atoms with Gasteiger partial charge in [-0.2, -0.15) is 5.10 Å². The molecule has 6 heteroatoms. The minimum absolute atomic E-state index is 0.0640. The molecule has 1 aromatic carbocycles. The zero-order valence-electron chi connectivity index (χ0n) is 14.3. The van der Waals surface area contributed by atoms with Gasteiger partial charge in [0, 0.05) is 38.6 Å². The van der Waals surface area contributed by atoms with Crippen molar-refractivity contribution in [2.24, 2.45) is 0 Å². The van der Waals surface area contributed by atoms with E-state index in [0.717, 1.165) is 32.5 Å². The van der Waals surface area contributed by atoms with Gasteiger partial charge in [-0.15, -0.1) is 0 Å². The molecule has 0 radical (unpaired) electrons. The third-order valence-electron chi connectivity index (χ3n) is 5.00. The summed E-state index contributed by atoms with van der Waals surface area (Å²) in [5.41, 5.74) is 2.56. The summed E-state index contributed by atoms with van der Waals surface area (Å²) in [6.45, 7) is 3.41. The minimum Gasteiger partial charge on any atom is -0.376 e. The monoisotopic (exact) mass is 340 g/mol. The zero-order valence-corrected chi connectivity index (χ0v) is 14.3.